The van der Waals surface area contributed by atoms with Gasteiger partial charge in [0.05, 0.1) is 26.9 Å². The average molecular weight is 627 g/mol. The van der Waals surface area contributed by atoms with Gasteiger partial charge >= 0.3 is 12.1 Å². The van der Waals surface area contributed by atoms with Crippen LogP contribution in [0.2, 0.25) is 0 Å². The number of amides is 3. The number of carboxylic acids is 1. The number of nitrogens with one attached hydrogen (secondary N) is 2. The molecule has 3 N–H and O–H groups in total. The molecule has 4 bridgehead atoms. The fourth-order valence-electron chi connectivity index (χ4n) is 5.23. The number of rotatable bonds is 3. The molecular formula is C32H42N4O9. The molecule has 1 aromatic heterocycles. The van der Waals surface area contributed by atoms with Crippen LogP contribution in [0.25, 0.3) is 16.8 Å². The molecule has 2 aliphatic rings. The lowest BCUT2D eigenvalue weighted by Gasteiger charge is -2.35. The van der Waals surface area contributed by atoms with Gasteiger partial charge in [0.15, 0.2) is 0 Å². The highest BCUT2D eigenvalue weighted by Crippen LogP contribution is 2.34. The molecule has 13 nitrogen and oxygen atoms in total. The van der Waals surface area contributed by atoms with Gasteiger partial charge in [-0.05, 0) is 49.8 Å². The van der Waals surface area contributed by atoms with Gasteiger partial charge in [-0.3, -0.25) is 9.59 Å². The van der Waals surface area contributed by atoms with Gasteiger partial charge in [0, 0.05) is 23.6 Å². The van der Waals surface area contributed by atoms with Crippen LogP contribution in [0.5, 0.6) is 11.6 Å². The first-order valence-corrected chi connectivity index (χ1v) is 14.8. The van der Waals surface area contributed by atoms with E-state index in [9.17, 15) is 24.3 Å². The van der Waals surface area contributed by atoms with Crippen LogP contribution in [-0.2, 0) is 23.9 Å². The number of benzene rings is 1. The van der Waals surface area contributed by atoms with Gasteiger partial charge in [0.2, 0.25) is 17.7 Å². The van der Waals surface area contributed by atoms with Gasteiger partial charge in [0.25, 0.3) is 0 Å². The molecular weight excluding hydrogens is 584 g/mol. The third-order valence-corrected chi connectivity index (χ3v) is 7.39. The number of hydrogen-bond acceptors (Lipinski definition) is 9. The minimum absolute atomic E-state index is 0.0174. The molecule has 13 heteroatoms. The molecule has 4 rings (SSSR count). The standard InChI is InChI=1S/C32H42N4O9/c1-31(2,3)25-28(38)36-16-20(15-23(36)29(39)40)44-27-21-13-19(24(42-7)14-18(21)10-11-33-27)9-8-12-43-17-22(26(37)35-25)34-30(41)45-32(4,5)6/h8-11,13-14,20,22-23,25H,12,15-17H2,1-7H3,(H,34,41)(H,35,37)(H,39,40)/b9-8+/t20-,22+,23+,25-/m1/s1. The van der Waals surface area contributed by atoms with Crippen LogP contribution >= 0.6 is 0 Å². The number of fused-ring (bicyclic) bond motifs is 3. The first-order chi connectivity index (χ1) is 21.1. The number of methoxy groups -OCH3 is 1. The number of carbonyl (C=O) groups excluding carboxylic acids is 3. The van der Waals surface area contributed by atoms with Crippen LogP contribution in [0.4, 0.5) is 4.79 Å². The van der Waals surface area contributed by atoms with Crippen molar-refractivity contribution in [3.63, 3.8) is 0 Å². The van der Waals surface area contributed by atoms with Crippen LogP contribution in [0, 0.1) is 5.41 Å². The van der Waals surface area contributed by atoms with E-state index in [4.69, 9.17) is 18.9 Å². The summed E-state index contributed by atoms with van der Waals surface area (Å²) < 4.78 is 23.0. The van der Waals surface area contributed by atoms with Crippen LogP contribution < -0.4 is 20.1 Å². The number of aromatic nitrogens is 1. The molecule has 3 heterocycles. The summed E-state index contributed by atoms with van der Waals surface area (Å²) in [4.78, 5) is 58.3. The van der Waals surface area contributed by atoms with Crippen LogP contribution in [0.3, 0.4) is 0 Å². The van der Waals surface area contributed by atoms with E-state index in [2.05, 4.69) is 15.6 Å². The van der Waals surface area contributed by atoms with Gasteiger partial charge in [0.1, 0.15) is 35.6 Å². The third-order valence-electron chi connectivity index (χ3n) is 7.39. The monoisotopic (exact) mass is 626 g/mol. The number of hydrogen-bond donors (Lipinski definition) is 3. The Hall–Kier alpha value is -4.39. The number of carbonyl (C=O) groups is 4. The molecule has 2 aromatic rings. The highest BCUT2D eigenvalue weighted by atomic mass is 16.6. The number of ether oxygens (including phenoxy) is 4. The number of pyridine rings is 1. The Kier molecular flexibility index (Phi) is 9.91. The highest BCUT2D eigenvalue weighted by Gasteiger charge is 2.46. The van der Waals surface area contributed by atoms with E-state index < -0.39 is 59.1 Å². The largest absolute Gasteiger partial charge is 0.496 e. The zero-order valence-electron chi connectivity index (χ0n) is 26.7. The number of nitrogens with zero attached hydrogens (tertiary/aromatic N) is 2. The predicted octanol–water partition coefficient (Wildman–Crippen LogP) is 3.14. The van der Waals surface area contributed by atoms with Crippen molar-refractivity contribution in [2.24, 2.45) is 5.41 Å². The van der Waals surface area contributed by atoms with Gasteiger partial charge in [-0.15, -0.1) is 0 Å². The van der Waals surface area contributed by atoms with E-state index in [1.165, 1.54) is 4.90 Å². The summed E-state index contributed by atoms with van der Waals surface area (Å²) in [7, 11) is 1.55. The molecule has 0 radical (unpaired) electrons. The maximum absolute atomic E-state index is 14.0. The SMILES string of the molecule is COc1cc2ccnc3c2cc1/C=C/COC[C@H](NC(=O)OC(C)(C)C)C(=O)N[C@@H](C(C)(C)C)C(=O)N1C[C@@H](C[C@H]1C(=O)O)O3. The van der Waals surface area contributed by atoms with Crippen molar-refractivity contribution < 1.29 is 43.2 Å². The lowest BCUT2D eigenvalue weighted by atomic mass is 9.85. The van der Waals surface area contributed by atoms with Crippen molar-refractivity contribution >= 4 is 40.7 Å². The molecule has 4 atom stereocenters. The fraction of sp³-hybridized carbons (Fsp3) is 0.531. The van der Waals surface area contributed by atoms with E-state index in [-0.39, 0.29) is 26.2 Å². The van der Waals surface area contributed by atoms with Gasteiger partial charge < -0.3 is 39.6 Å². The summed E-state index contributed by atoms with van der Waals surface area (Å²) in [6.07, 6.45) is 3.62. The molecule has 2 aliphatic heterocycles. The summed E-state index contributed by atoms with van der Waals surface area (Å²) in [6, 6.07) is 1.94. The molecule has 1 saturated heterocycles. The van der Waals surface area contributed by atoms with Crippen molar-refractivity contribution in [2.75, 3.05) is 26.9 Å². The van der Waals surface area contributed by atoms with Crippen molar-refractivity contribution in [1.82, 2.24) is 20.5 Å². The number of carboxylic acid groups (broad SMARTS) is 1. The van der Waals surface area contributed by atoms with Crippen molar-refractivity contribution in [2.45, 2.75) is 77.8 Å². The summed E-state index contributed by atoms with van der Waals surface area (Å²) in [6.45, 7) is 10.1. The molecule has 0 unspecified atom stereocenters. The van der Waals surface area contributed by atoms with E-state index in [1.54, 1.807) is 67.0 Å². The molecule has 0 aliphatic carbocycles. The molecule has 0 spiro atoms. The maximum Gasteiger partial charge on any atom is 0.408 e. The second-order valence-electron chi connectivity index (χ2n) is 13.2. The maximum atomic E-state index is 14.0. The van der Waals surface area contributed by atoms with Crippen LogP contribution in [-0.4, -0.2) is 95.6 Å². The van der Waals surface area contributed by atoms with E-state index >= 15 is 0 Å². The second-order valence-corrected chi connectivity index (χ2v) is 13.2. The Morgan fingerprint density at radius 2 is 1.89 bits per heavy atom. The topological polar surface area (TPSA) is 166 Å². The van der Waals surface area contributed by atoms with E-state index in [0.29, 0.717) is 22.6 Å². The first-order valence-electron chi connectivity index (χ1n) is 14.8. The summed E-state index contributed by atoms with van der Waals surface area (Å²) >= 11 is 0. The second kappa shape index (κ2) is 13.3. The minimum Gasteiger partial charge on any atom is -0.496 e. The zero-order valence-corrected chi connectivity index (χ0v) is 26.7. The molecule has 0 saturated carbocycles. The molecule has 1 aromatic carbocycles. The number of alkyl carbamates (subject to hydrolysis) is 1. The van der Waals surface area contributed by atoms with E-state index in [0.717, 1.165) is 5.39 Å². The van der Waals surface area contributed by atoms with Crippen LogP contribution in [0.15, 0.2) is 30.5 Å². The number of aliphatic carboxylic acids is 1. The van der Waals surface area contributed by atoms with Crippen molar-refractivity contribution in [1.29, 1.82) is 0 Å². The lowest BCUT2D eigenvalue weighted by molar-refractivity contribution is -0.151. The Morgan fingerprint density at radius 1 is 1.16 bits per heavy atom. The Balaban J connectivity index is 1.76. The molecule has 1 fully saturated rings. The predicted molar refractivity (Wildman–Crippen MR) is 165 cm³/mol. The zero-order chi connectivity index (χ0) is 33.1. The van der Waals surface area contributed by atoms with Crippen molar-refractivity contribution in [3.05, 3.63) is 36.0 Å². The Morgan fingerprint density at radius 3 is 2.53 bits per heavy atom. The van der Waals surface area contributed by atoms with Crippen LogP contribution in [0.1, 0.15) is 53.5 Å². The molecule has 45 heavy (non-hydrogen) atoms. The quantitative estimate of drug-likeness (QED) is 0.461. The summed E-state index contributed by atoms with van der Waals surface area (Å²) in [5.41, 5.74) is -0.950. The Labute approximate surface area is 262 Å². The third kappa shape index (κ3) is 8.21. The van der Waals surface area contributed by atoms with Gasteiger partial charge in [-0.25, -0.2) is 14.6 Å². The first kappa shape index (κ1) is 33.5. The molecule has 3 amide bonds. The van der Waals surface area contributed by atoms with Gasteiger partial charge in [-0.2, -0.15) is 0 Å². The Bertz CT molecular complexity index is 1480. The fourth-order valence-corrected chi connectivity index (χ4v) is 5.23. The van der Waals surface area contributed by atoms with Gasteiger partial charge in [-0.1, -0.05) is 32.9 Å². The lowest BCUT2D eigenvalue weighted by Crippen LogP contribution is -2.60. The summed E-state index contributed by atoms with van der Waals surface area (Å²) in [5, 5.41) is 16.8. The minimum atomic E-state index is -1.22. The smallest absolute Gasteiger partial charge is 0.408 e. The summed E-state index contributed by atoms with van der Waals surface area (Å²) in [5.74, 6) is -1.59. The van der Waals surface area contributed by atoms with E-state index in [1.807, 2.05) is 18.2 Å². The average Bonchev–Trinajstić information content (AvgIpc) is 3.36. The molecule has 244 valence electrons. The van der Waals surface area contributed by atoms with Crippen molar-refractivity contribution in [3.8, 4) is 11.6 Å². The normalized spacial score (nSPS) is 23.8. The highest BCUT2D eigenvalue weighted by molar-refractivity contribution is 5.94.